The van der Waals surface area contributed by atoms with Crippen molar-refractivity contribution in [3.05, 3.63) is 58.6 Å². The van der Waals surface area contributed by atoms with E-state index >= 15 is 0 Å². The van der Waals surface area contributed by atoms with Gasteiger partial charge in [-0.15, -0.1) is 0 Å². The smallest absolute Gasteiger partial charge is 0.331 e. The first-order valence-corrected chi connectivity index (χ1v) is 7.82. The number of esters is 1. The third-order valence-electron chi connectivity index (χ3n) is 3.57. The third kappa shape index (κ3) is 4.09. The Hall–Kier alpha value is -3.02. The number of fused-ring (bicyclic) bond motifs is 1. The topological polar surface area (TPSA) is 69.0 Å². The number of nitrogens with zero attached hydrogens (tertiary/aromatic N) is 1. The summed E-state index contributed by atoms with van der Waals surface area (Å²) in [5, 5.41) is 0.442. The molecule has 132 valence electrons. The Bertz CT molecular complexity index is 866. The number of ether oxygens (including phenoxy) is 2. The molecule has 2 rings (SSSR count). The lowest BCUT2D eigenvalue weighted by Gasteiger charge is -2.16. The summed E-state index contributed by atoms with van der Waals surface area (Å²) in [5.41, 5.74) is 0.699. The van der Waals surface area contributed by atoms with Gasteiger partial charge in [0.15, 0.2) is 16.8 Å². The Morgan fingerprint density at radius 2 is 2.16 bits per heavy atom. The molecule has 0 radical (unpaired) electrons. The number of para-hydroxylation sites is 1. The number of hydrogen-bond acceptors (Lipinski definition) is 6. The molecular weight excluding hydrogens is 322 g/mol. The van der Waals surface area contributed by atoms with E-state index in [0.717, 1.165) is 0 Å². The summed E-state index contributed by atoms with van der Waals surface area (Å²) in [6.07, 6.45) is 4.32. The summed E-state index contributed by atoms with van der Waals surface area (Å²) in [4.78, 5) is 25.8. The molecule has 0 saturated heterocycles. The molecule has 0 saturated carbocycles. The zero-order valence-electron chi connectivity index (χ0n) is 14.6. The predicted molar refractivity (Wildman–Crippen MR) is 96.4 cm³/mol. The van der Waals surface area contributed by atoms with E-state index in [9.17, 15) is 9.59 Å². The Morgan fingerprint density at radius 1 is 1.40 bits per heavy atom. The van der Waals surface area contributed by atoms with Crippen molar-refractivity contribution in [2.45, 2.75) is 13.5 Å². The molecule has 0 bridgehead atoms. The van der Waals surface area contributed by atoms with E-state index in [1.165, 1.54) is 19.3 Å². The van der Waals surface area contributed by atoms with Crippen molar-refractivity contribution in [3.8, 4) is 5.75 Å². The Kier molecular flexibility index (Phi) is 6.00. The van der Waals surface area contributed by atoms with Crippen molar-refractivity contribution < 1.29 is 18.7 Å². The zero-order valence-corrected chi connectivity index (χ0v) is 14.6. The summed E-state index contributed by atoms with van der Waals surface area (Å²) in [6, 6.07) is 5.21. The van der Waals surface area contributed by atoms with Crippen molar-refractivity contribution in [3.63, 3.8) is 0 Å². The molecule has 0 amide bonds. The second-order valence-corrected chi connectivity index (χ2v) is 5.30. The zero-order chi connectivity index (χ0) is 18.4. The number of rotatable bonds is 7. The van der Waals surface area contributed by atoms with Gasteiger partial charge >= 0.3 is 5.97 Å². The molecule has 1 aromatic carbocycles. The summed E-state index contributed by atoms with van der Waals surface area (Å²) >= 11 is 0. The van der Waals surface area contributed by atoms with Gasteiger partial charge in [0.2, 0.25) is 0 Å². The van der Waals surface area contributed by atoms with Crippen LogP contribution < -0.4 is 10.2 Å². The predicted octanol–water partition coefficient (Wildman–Crippen LogP) is 2.95. The van der Waals surface area contributed by atoms with Crippen LogP contribution in [0.5, 0.6) is 5.75 Å². The number of carbonyl (C=O) groups is 1. The van der Waals surface area contributed by atoms with Crippen LogP contribution in [0.3, 0.4) is 0 Å². The SMILES string of the molecule is C=Cc1oc2c(OCC)cccc2c(=O)c1CN(C)/C=C/C(=O)OC. The highest BCUT2D eigenvalue weighted by molar-refractivity contribution is 5.84. The molecule has 1 aromatic heterocycles. The minimum absolute atomic E-state index is 0.156. The van der Waals surface area contributed by atoms with Gasteiger partial charge < -0.3 is 18.8 Å². The lowest BCUT2D eigenvalue weighted by atomic mass is 10.1. The molecule has 0 aliphatic carbocycles. The van der Waals surface area contributed by atoms with Crippen molar-refractivity contribution >= 4 is 23.0 Å². The average Bonchev–Trinajstić information content (AvgIpc) is 2.62. The van der Waals surface area contributed by atoms with Gasteiger partial charge in [0.25, 0.3) is 0 Å². The monoisotopic (exact) mass is 343 g/mol. The minimum Gasteiger partial charge on any atom is -0.490 e. The van der Waals surface area contributed by atoms with Gasteiger partial charge in [-0.1, -0.05) is 12.6 Å². The molecule has 0 fully saturated rings. The number of benzene rings is 1. The fraction of sp³-hybridized carbons (Fsp3) is 0.263. The van der Waals surface area contributed by atoms with Crippen LogP contribution in [0.25, 0.3) is 17.0 Å². The van der Waals surface area contributed by atoms with E-state index in [0.29, 0.717) is 34.6 Å². The number of methoxy groups -OCH3 is 1. The largest absolute Gasteiger partial charge is 0.490 e. The van der Waals surface area contributed by atoms with Gasteiger partial charge in [-0.05, 0) is 25.1 Å². The lowest BCUT2D eigenvalue weighted by Crippen LogP contribution is -2.20. The van der Waals surface area contributed by atoms with E-state index in [1.807, 2.05) is 6.92 Å². The lowest BCUT2D eigenvalue weighted by molar-refractivity contribution is -0.134. The Labute approximate surface area is 145 Å². The van der Waals surface area contributed by atoms with Crippen molar-refractivity contribution in [2.24, 2.45) is 0 Å². The van der Waals surface area contributed by atoms with Crippen LogP contribution in [0.15, 0.2) is 46.3 Å². The molecule has 0 aliphatic rings. The van der Waals surface area contributed by atoms with Gasteiger partial charge in [0, 0.05) is 25.9 Å². The van der Waals surface area contributed by atoms with Crippen LogP contribution >= 0.6 is 0 Å². The molecule has 0 aliphatic heterocycles. The van der Waals surface area contributed by atoms with Crippen molar-refractivity contribution in [1.82, 2.24) is 4.90 Å². The first kappa shape index (κ1) is 18.3. The summed E-state index contributed by atoms with van der Waals surface area (Å²) in [5.74, 6) is 0.427. The molecule has 6 heteroatoms. The number of carbonyl (C=O) groups excluding carboxylic acids is 1. The maximum atomic E-state index is 12.9. The maximum Gasteiger partial charge on any atom is 0.331 e. The first-order chi connectivity index (χ1) is 12.0. The van der Waals surface area contributed by atoms with Crippen LogP contribution in [0.2, 0.25) is 0 Å². The van der Waals surface area contributed by atoms with E-state index < -0.39 is 5.97 Å². The molecule has 25 heavy (non-hydrogen) atoms. The second kappa shape index (κ2) is 8.19. The summed E-state index contributed by atoms with van der Waals surface area (Å²) in [6.45, 7) is 6.31. The first-order valence-electron chi connectivity index (χ1n) is 7.82. The van der Waals surface area contributed by atoms with Gasteiger partial charge in [0.1, 0.15) is 5.76 Å². The van der Waals surface area contributed by atoms with Crippen LogP contribution in [0.4, 0.5) is 0 Å². The molecule has 6 nitrogen and oxygen atoms in total. The van der Waals surface area contributed by atoms with Crippen LogP contribution in [-0.2, 0) is 16.1 Å². The minimum atomic E-state index is -0.470. The van der Waals surface area contributed by atoms with Crippen molar-refractivity contribution in [2.75, 3.05) is 20.8 Å². The Morgan fingerprint density at radius 3 is 2.80 bits per heavy atom. The van der Waals surface area contributed by atoms with E-state index in [4.69, 9.17) is 9.15 Å². The van der Waals surface area contributed by atoms with Gasteiger partial charge in [-0.2, -0.15) is 0 Å². The van der Waals surface area contributed by atoms with Crippen LogP contribution in [-0.4, -0.2) is 31.6 Å². The fourth-order valence-corrected chi connectivity index (χ4v) is 2.39. The van der Waals surface area contributed by atoms with Gasteiger partial charge in [-0.25, -0.2) is 4.79 Å². The molecule has 0 unspecified atom stereocenters. The highest BCUT2D eigenvalue weighted by atomic mass is 16.5. The summed E-state index contributed by atoms with van der Waals surface area (Å²) < 4.78 is 16.0. The second-order valence-electron chi connectivity index (χ2n) is 5.30. The molecule has 0 atom stereocenters. The number of hydrogen-bond donors (Lipinski definition) is 0. The van der Waals surface area contributed by atoms with Gasteiger partial charge in [0.05, 0.1) is 24.7 Å². The Balaban J connectivity index is 2.48. The molecule has 1 heterocycles. The van der Waals surface area contributed by atoms with Crippen LogP contribution in [0.1, 0.15) is 18.2 Å². The quantitative estimate of drug-likeness (QED) is 0.569. The molecule has 0 N–H and O–H groups in total. The van der Waals surface area contributed by atoms with Gasteiger partial charge in [-0.3, -0.25) is 4.79 Å². The van der Waals surface area contributed by atoms with Crippen molar-refractivity contribution in [1.29, 1.82) is 0 Å². The van der Waals surface area contributed by atoms with E-state index in [-0.39, 0.29) is 12.0 Å². The third-order valence-corrected chi connectivity index (χ3v) is 3.57. The van der Waals surface area contributed by atoms with E-state index in [2.05, 4.69) is 11.3 Å². The van der Waals surface area contributed by atoms with E-state index in [1.54, 1.807) is 36.3 Å². The molecular formula is C19H21NO5. The highest BCUT2D eigenvalue weighted by Gasteiger charge is 2.16. The fourth-order valence-electron chi connectivity index (χ4n) is 2.39. The molecule has 2 aromatic rings. The normalized spacial score (nSPS) is 10.8. The molecule has 0 spiro atoms. The highest BCUT2D eigenvalue weighted by Crippen LogP contribution is 2.26. The summed E-state index contributed by atoms with van der Waals surface area (Å²) in [7, 11) is 3.04. The van der Waals surface area contributed by atoms with Crippen LogP contribution in [0, 0.1) is 0 Å². The standard InChI is InChI=1S/C19H21NO5/c1-5-15-14(12-20(3)11-10-17(21)23-4)18(22)13-8-7-9-16(24-6-2)19(13)25-15/h5,7-11H,1,6,12H2,2-4H3/b11-10+. The average molecular weight is 343 g/mol. The maximum absolute atomic E-state index is 12.9.